The van der Waals surface area contributed by atoms with Gasteiger partial charge < -0.3 is 4.74 Å². The third-order valence-corrected chi connectivity index (χ3v) is 3.18. The highest BCUT2D eigenvalue weighted by molar-refractivity contribution is 5.54. The lowest BCUT2D eigenvalue weighted by Gasteiger charge is -2.14. The fourth-order valence-corrected chi connectivity index (χ4v) is 2.40. The Kier molecular flexibility index (Phi) is 3.37. The van der Waals surface area contributed by atoms with Gasteiger partial charge in [0.05, 0.1) is 12.8 Å². The molecule has 1 aromatic carbocycles. The van der Waals surface area contributed by atoms with Crippen molar-refractivity contribution in [1.29, 1.82) is 0 Å². The molecule has 16 heavy (non-hydrogen) atoms. The second kappa shape index (κ2) is 4.95. The molecule has 0 saturated heterocycles. The summed E-state index contributed by atoms with van der Waals surface area (Å²) in [5.41, 5.74) is 1.84. The molecule has 1 aliphatic rings. The van der Waals surface area contributed by atoms with E-state index in [-0.39, 0.29) is 0 Å². The van der Waals surface area contributed by atoms with E-state index in [1.807, 2.05) is 12.1 Å². The van der Waals surface area contributed by atoms with E-state index in [9.17, 15) is 4.79 Å². The topological polar surface area (TPSA) is 38.7 Å². The van der Waals surface area contributed by atoms with Crippen LogP contribution < -0.4 is 4.74 Å². The zero-order valence-electron chi connectivity index (χ0n) is 9.40. The molecule has 3 heteroatoms. The Labute approximate surface area is 95.2 Å². The summed E-state index contributed by atoms with van der Waals surface area (Å²) in [5, 5.41) is 0. The lowest BCUT2D eigenvalue weighted by atomic mass is 9.96. The predicted octanol–water partition coefficient (Wildman–Crippen LogP) is 3.32. The summed E-state index contributed by atoms with van der Waals surface area (Å²) < 4.78 is 5.35. The smallest absolute Gasteiger partial charge is 0.240 e. The van der Waals surface area contributed by atoms with Crippen molar-refractivity contribution in [3.8, 4) is 5.75 Å². The summed E-state index contributed by atoms with van der Waals surface area (Å²) in [6, 6.07) is 5.60. The zero-order valence-corrected chi connectivity index (χ0v) is 9.40. The van der Waals surface area contributed by atoms with Gasteiger partial charge in [0.1, 0.15) is 5.75 Å². The van der Waals surface area contributed by atoms with Gasteiger partial charge in [-0.3, -0.25) is 0 Å². The largest absolute Gasteiger partial charge is 0.496 e. The van der Waals surface area contributed by atoms with Gasteiger partial charge in [0.2, 0.25) is 6.08 Å². The fourth-order valence-electron chi connectivity index (χ4n) is 2.40. The summed E-state index contributed by atoms with van der Waals surface area (Å²) in [5.74, 6) is 1.45. The van der Waals surface area contributed by atoms with Crippen LogP contribution in [0.15, 0.2) is 23.2 Å². The minimum absolute atomic E-state index is 0.553. The van der Waals surface area contributed by atoms with E-state index in [0.717, 1.165) is 5.75 Å². The molecule has 1 fully saturated rings. The first kappa shape index (κ1) is 10.9. The van der Waals surface area contributed by atoms with Gasteiger partial charge in [-0.15, -0.1) is 0 Å². The second-order valence-electron chi connectivity index (χ2n) is 4.11. The third-order valence-electron chi connectivity index (χ3n) is 3.18. The molecule has 0 spiro atoms. The molecule has 0 unspecified atom stereocenters. The average Bonchev–Trinajstić information content (AvgIpc) is 2.83. The molecule has 1 saturated carbocycles. The molecule has 0 radical (unpaired) electrons. The molecule has 0 heterocycles. The first-order valence-electron chi connectivity index (χ1n) is 5.61. The lowest BCUT2D eigenvalue weighted by Crippen LogP contribution is -1.96. The van der Waals surface area contributed by atoms with Gasteiger partial charge in [-0.1, -0.05) is 12.8 Å². The van der Waals surface area contributed by atoms with E-state index in [4.69, 9.17) is 4.74 Å². The van der Waals surface area contributed by atoms with E-state index < -0.39 is 0 Å². The van der Waals surface area contributed by atoms with E-state index in [0.29, 0.717) is 11.6 Å². The highest BCUT2D eigenvalue weighted by Gasteiger charge is 2.20. The van der Waals surface area contributed by atoms with Crippen molar-refractivity contribution >= 4 is 11.8 Å². The fraction of sp³-hybridized carbons (Fsp3) is 0.462. The maximum atomic E-state index is 10.2. The molecule has 84 valence electrons. The Morgan fingerprint density at radius 3 is 2.75 bits per heavy atom. The van der Waals surface area contributed by atoms with Crippen LogP contribution >= 0.6 is 0 Å². The van der Waals surface area contributed by atoms with Gasteiger partial charge in [-0.05, 0) is 42.5 Å². The van der Waals surface area contributed by atoms with Gasteiger partial charge >= 0.3 is 0 Å². The molecule has 0 amide bonds. The molecule has 0 N–H and O–H groups in total. The van der Waals surface area contributed by atoms with Crippen molar-refractivity contribution in [3.63, 3.8) is 0 Å². The number of methoxy groups -OCH3 is 1. The van der Waals surface area contributed by atoms with E-state index in [2.05, 4.69) is 4.99 Å². The molecule has 0 aliphatic heterocycles. The van der Waals surface area contributed by atoms with Crippen LogP contribution in [0.4, 0.5) is 5.69 Å². The second-order valence-corrected chi connectivity index (χ2v) is 4.11. The van der Waals surface area contributed by atoms with Gasteiger partial charge in [-0.25, -0.2) is 4.79 Å². The van der Waals surface area contributed by atoms with Crippen molar-refractivity contribution in [2.45, 2.75) is 31.6 Å². The maximum absolute atomic E-state index is 10.2. The van der Waals surface area contributed by atoms with Crippen LogP contribution in [0, 0.1) is 0 Å². The molecule has 1 aliphatic carbocycles. The minimum atomic E-state index is 0.553. The minimum Gasteiger partial charge on any atom is -0.496 e. The van der Waals surface area contributed by atoms with Crippen molar-refractivity contribution < 1.29 is 9.53 Å². The number of benzene rings is 1. The van der Waals surface area contributed by atoms with Crippen molar-refractivity contribution in [1.82, 2.24) is 0 Å². The number of carbonyl (C=O) groups excluding carboxylic acids is 1. The summed E-state index contributed by atoms with van der Waals surface area (Å²) in [4.78, 5) is 13.9. The van der Waals surface area contributed by atoms with Gasteiger partial charge in [-0.2, -0.15) is 4.99 Å². The molecule has 1 aromatic rings. The molecule has 3 nitrogen and oxygen atoms in total. The van der Waals surface area contributed by atoms with Crippen LogP contribution in [0.3, 0.4) is 0 Å². The average molecular weight is 217 g/mol. The molecular formula is C13H15NO2. The van der Waals surface area contributed by atoms with Crippen LogP contribution in [0.1, 0.15) is 37.2 Å². The first-order valence-corrected chi connectivity index (χ1v) is 5.61. The maximum Gasteiger partial charge on any atom is 0.240 e. The number of rotatable bonds is 3. The predicted molar refractivity (Wildman–Crippen MR) is 62.0 cm³/mol. The van der Waals surface area contributed by atoms with E-state index in [1.165, 1.54) is 31.2 Å². The van der Waals surface area contributed by atoms with Gasteiger partial charge in [0.25, 0.3) is 0 Å². The Morgan fingerprint density at radius 2 is 2.12 bits per heavy atom. The molecule has 2 rings (SSSR count). The highest BCUT2D eigenvalue weighted by Crippen LogP contribution is 2.40. The summed E-state index contributed by atoms with van der Waals surface area (Å²) in [6.07, 6.45) is 6.52. The third kappa shape index (κ3) is 2.15. The van der Waals surface area contributed by atoms with Gasteiger partial charge in [0.15, 0.2) is 0 Å². The number of hydrogen-bond acceptors (Lipinski definition) is 3. The van der Waals surface area contributed by atoms with E-state index >= 15 is 0 Å². The number of nitrogens with zero attached hydrogens (tertiary/aromatic N) is 1. The normalized spacial score (nSPS) is 15.8. The first-order chi connectivity index (χ1) is 7.85. The van der Waals surface area contributed by atoms with Crippen LogP contribution in [-0.4, -0.2) is 13.2 Å². The standard InChI is InChI=1S/C13H15NO2/c1-16-13-7-6-11(14-9-15)8-12(13)10-4-2-3-5-10/h6-8,10H,2-5H2,1H3. The SMILES string of the molecule is COc1ccc(N=C=O)cc1C1CCCC1. The van der Waals surface area contributed by atoms with E-state index in [1.54, 1.807) is 19.3 Å². The number of aliphatic imine (C=N–C) groups is 1. The molecule has 0 aromatic heterocycles. The summed E-state index contributed by atoms with van der Waals surface area (Å²) in [7, 11) is 1.68. The lowest BCUT2D eigenvalue weighted by molar-refractivity contribution is 0.405. The molecular weight excluding hydrogens is 202 g/mol. The van der Waals surface area contributed by atoms with Crippen LogP contribution in [0.25, 0.3) is 0 Å². The van der Waals surface area contributed by atoms with Crippen LogP contribution in [0.5, 0.6) is 5.75 Å². The van der Waals surface area contributed by atoms with Crippen molar-refractivity contribution in [3.05, 3.63) is 23.8 Å². The summed E-state index contributed by atoms with van der Waals surface area (Å²) in [6.45, 7) is 0. The molecule has 0 bridgehead atoms. The van der Waals surface area contributed by atoms with Crippen molar-refractivity contribution in [2.24, 2.45) is 4.99 Å². The Bertz CT molecular complexity index is 416. The quantitative estimate of drug-likeness (QED) is 0.575. The Balaban J connectivity index is 2.37. The Hall–Kier alpha value is -1.60. The van der Waals surface area contributed by atoms with Crippen molar-refractivity contribution in [2.75, 3.05) is 7.11 Å². The monoisotopic (exact) mass is 217 g/mol. The number of ether oxygens (including phenoxy) is 1. The highest BCUT2D eigenvalue weighted by atomic mass is 16.5. The summed E-state index contributed by atoms with van der Waals surface area (Å²) >= 11 is 0. The Morgan fingerprint density at radius 1 is 1.38 bits per heavy atom. The number of hydrogen-bond donors (Lipinski definition) is 0. The molecule has 0 atom stereocenters. The van der Waals surface area contributed by atoms with Gasteiger partial charge in [0, 0.05) is 0 Å². The zero-order chi connectivity index (χ0) is 11.4. The number of isocyanates is 1. The van der Waals surface area contributed by atoms with Crippen LogP contribution in [-0.2, 0) is 4.79 Å². The van der Waals surface area contributed by atoms with Crippen LogP contribution in [0.2, 0.25) is 0 Å².